The number of rotatable bonds is 4. The van der Waals surface area contributed by atoms with E-state index in [4.69, 9.17) is 9.51 Å². The summed E-state index contributed by atoms with van der Waals surface area (Å²) in [6.07, 6.45) is 3.25. The zero-order valence-electron chi connectivity index (χ0n) is 21.3. The zero-order chi connectivity index (χ0) is 25.2. The van der Waals surface area contributed by atoms with Crippen LogP contribution in [0, 0.1) is 6.92 Å². The number of para-hydroxylation sites is 1. The molecule has 6 rings (SSSR count). The van der Waals surface area contributed by atoms with Crippen molar-refractivity contribution in [2.45, 2.75) is 45.2 Å². The summed E-state index contributed by atoms with van der Waals surface area (Å²) in [4.78, 5) is 23.4. The third-order valence-electron chi connectivity index (χ3n) is 7.43. The summed E-state index contributed by atoms with van der Waals surface area (Å²) in [5.41, 5.74) is 6.28. The maximum absolute atomic E-state index is 14.3. The molecule has 1 aliphatic heterocycles. The minimum Gasteiger partial charge on any atom is -0.385 e. The van der Waals surface area contributed by atoms with Gasteiger partial charge in [-0.2, -0.15) is 0 Å². The van der Waals surface area contributed by atoms with Crippen molar-refractivity contribution < 1.29 is 9.32 Å². The third kappa shape index (κ3) is 5.23. The standard InChI is InChI=1S/C30H33N5O2/c1-21-28-25(18-27(23-12-13-23)32-29(28)37-33-21)30(36)35-17-16-34(19-22-8-3-2-4-9-22)15-7-14-31-26-11-6-5-10-24(26)20-35/h2-6,8-11,18,23,31H,7,12-17,19-20H2,1H3. The van der Waals surface area contributed by atoms with Gasteiger partial charge in [0.15, 0.2) is 0 Å². The molecule has 1 N–H and O–H groups in total. The molecular weight excluding hydrogens is 462 g/mol. The molecule has 1 aliphatic carbocycles. The molecule has 1 fully saturated rings. The van der Waals surface area contributed by atoms with Crippen LogP contribution in [0.4, 0.5) is 5.69 Å². The number of aromatic nitrogens is 2. The SMILES string of the molecule is Cc1noc2nc(C3CC3)cc(C(=O)N3CCN(Cc4ccccc4)CCCNc4ccccc4C3)c12. The van der Waals surface area contributed by atoms with Gasteiger partial charge in [0.1, 0.15) is 0 Å². The van der Waals surface area contributed by atoms with Crippen LogP contribution >= 0.6 is 0 Å². The van der Waals surface area contributed by atoms with E-state index in [0.717, 1.165) is 67.8 Å². The Labute approximate surface area is 217 Å². The molecule has 1 saturated carbocycles. The predicted molar refractivity (Wildman–Crippen MR) is 145 cm³/mol. The molecule has 2 aromatic heterocycles. The first-order chi connectivity index (χ1) is 18.2. The molecular formula is C30H33N5O2. The number of anilines is 1. The Morgan fingerprint density at radius 1 is 1.05 bits per heavy atom. The number of nitrogens with one attached hydrogen (secondary N) is 1. The number of nitrogens with zero attached hydrogens (tertiary/aromatic N) is 4. The minimum absolute atomic E-state index is 0.00862. The maximum atomic E-state index is 14.3. The second kappa shape index (κ2) is 10.3. The van der Waals surface area contributed by atoms with Gasteiger partial charge in [-0.1, -0.05) is 53.7 Å². The van der Waals surface area contributed by atoms with Crippen LogP contribution in [0.3, 0.4) is 0 Å². The number of carbonyl (C=O) groups excluding carboxylic acids is 1. The van der Waals surface area contributed by atoms with Crippen molar-refractivity contribution in [2.75, 3.05) is 31.5 Å². The van der Waals surface area contributed by atoms with Crippen LogP contribution in [-0.2, 0) is 13.1 Å². The molecule has 0 saturated heterocycles. The second-order valence-electron chi connectivity index (χ2n) is 10.2. The molecule has 0 bridgehead atoms. The highest BCUT2D eigenvalue weighted by atomic mass is 16.5. The fourth-order valence-electron chi connectivity index (χ4n) is 5.23. The van der Waals surface area contributed by atoms with Crippen LogP contribution in [0.1, 0.15) is 58.1 Å². The smallest absolute Gasteiger partial charge is 0.259 e. The number of hydrogen-bond acceptors (Lipinski definition) is 6. The van der Waals surface area contributed by atoms with Crippen LogP contribution in [0.15, 0.2) is 65.2 Å². The molecule has 3 heterocycles. The summed E-state index contributed by atoms with van der Waals surface area (Å²) in [7, 11) is 0. The first-order valence-corrected chi connectivity index (χ1v) is 13.3. The molecule has 2 aliphatic rings. The van der Waals surface area contributed by atoms with Gasteiger partial charge in [-0.15, -0.1) is 0 Å². The lowest BCUT2D eigenvalue weighted by molar-refractivity contribution is 0.0722. The van der Waals surface area contributed by atoms with Gasteiger partial charge >= 0.3 is 0 Å². The highest BCUT2D eigenvalue weighted by Gasteiger charge is 2.30. The van der Waals surface area contributed by atoms with Crippen molar-refractivity contribution in [3.8, 4) is 0 Å². The number of aryl methyl sites for hydroxylation is 1. The van der Waals surface area contributed by atoms with Crippen molar-refractivity contribution >= 4 is 22.7 Å². The minimum atomic E-state index is 0.00862. The Kier molecular flexibility index (Phi) is 6.62. The van der Waals surface area contributed by atoms with E-state index in [0.29, 0.717) is 36.0 Å². The van der Waals surface area contributed by atoms with E-state index in [1.54, 1.807) is 0 Å². The van der Waals surface area contributed by atoms with Gasteiger partial charge in [-0.3, -0.25) is 9.69 Å². The topological polar surface area (TPSA) is 74.5 Å². The van der Waals surface area contributed by atoms with Gasteiger partial charge < -0.3 is 14.7 Å². The fourth-order valence-corrected chi connectivity index (χ4v) is 5.23. The molecule has 0 atom stereocenters. The molecule has 0 radical (unpaired) electrons. The van der Waals surface area contributed by atoms with Crippen LogP contribution in [-0.4, -0.2) is 52.0 Å². The summed E-state index contributed by atoms with van der Waals surface area (Å²) >= 11 is 0. The van der Waals surface area contributed by atoms with E-state index in [2.05, 4.69) is 57.8 Å². The van der Waals surface area contributed by atoms with Gasteiger partial charge in [0, 0.05) is 56.6 Å². The van der Waals surface area contributed by atoms with Crippen molar-refractivity contribution in [2.24, 2.45) is 0 Å². The van der Waals surface area contributed by atoms with Crippen molar-refractivity contribution in [1.82, 2.24) is 19.9 Å². The van der Waals surface area contributed by atoms with Crippen LogP contribution in [0.2, 0.25) is 0 Å². The summed E-state index contributed by atoms with van der Waals surface area (Å²) < 4.78 is 5.53. The van der Waals surface area contributed by atoms with Gasteiger partial charge in [0.05, 0.1) is 16.6 Å². The first-order valence-electron chi connectivity index (χ1n) is 13.3. The van der Waals surface area contributed by atoms with E-state index in [9.17, 15) is 4.79 Å². The second-order valence-corrected chi connectivity index (χ2v) is 10.2. The summed E-state index contributed by atoms with van der Waals surface area (Å²) in [5.74, 6) is 0.421. The molecule has 7 heteroatoms. The summed E-state index contributed by atoms with van der Waals surface area (Å²) in [5, 5.41) is 8.49. The normalized spacial score (nSPS) is 17.2. The lowest BCUT2D eigenvalue weighted by Gasteiger charge is -2.28. The quantitative estimate of drug-likeness (QED) is 0.410. The van der Waals surface area contributed by atoms with Crippen molar-refractivity contribution in [3.63, 3.8) is 0 Å². The number of carbonyl (C=O) groups is 1. The Morgan fingerprint density at radius 2 is 1.86 bits per heavy atom. The molecule has 7 nitrogen and oxygen atoms in total. The van der Waals surface area contributed by atoms with Gasteiger partial charge in [0.2, 0.25) is 0 Å². The fraction of sp³-hybridized carbons (Fsp3) is 0.367. The Bertz CT molecular complexity index is 1400. The number of benzene rings is 2. The van der Waals surface area contributed by atoms with Crippen LogP contribution in [0.5, 0.6) is 0 Å². The van der Waals surface area contributed by atoms with E-state index in [-0.39, 0.29) is 5.91 Å². The van der Waals surface area contributed by atoms with E-state index in [1.807, 2.05) is 30.0 Å². The molecule has 0 unspecified atom stereocenters. The van der Waals surface area contributed by atoms with E-state index in [1.165, 1.54) is 5.56 Å². The number of pyridine rings is 1. The Morgan fingerprint density at radius 3 is 2.70 bits per heavy atom. The average Bonchev–Trinajstić information content (AvgIpc) is 3.71. The summed E-state index contributed by atoms with van der Waals surface area (Å²) in [6.45, 7) is 6.57. The first kappa shape index (κ1) is 23.7. The molecule has 190 valence electrons. The lowest BCUT2D eigenvalue weighted by atomic mass is 10.1. The third-order valence-corrected chi connectivity index (χ3v) is 7.43. The largest absolute Gasteiger partial charge is 0.385 e. The Balaban J connectivity index is 1.34. The van der Waals surface area contributed by atoms with Gasteiger partial charge in [-0.05, 0) is 49.4 Å². The Hall–Kier alpha value is -3.71. The van der Waals surface area contributed by atoms with Gasteiger partial charge in [-0.25, -0.2) is 4.98 Å². The molecule has 37 heavy (non-hydrogen) atoms. The van der Waals surface area contributed by atoms with E-state index >= 15 is 0 Å². The van der Waals surface area contributed by atoms with Crippen molar-refractivity contribution in [1.29, 1.82) is 0 Å². The molecule has 4 aromatic rings. The number of amides is 1. The highest BCUT2D eigenvalue weighted by Crippen LogP contribution is 2.40. The van der Waals surface area contributed by atoms with Gasteiger partial charge in [0.25, 0.3) is 11.6 Å². The lowest BCUT2D eigenvalue weighted by Crippen LogP contribution is -2.38. The zero-order valence-corrected chi connectivity index (χ0v) is 21.3. The van der Waals surface area contributed by atoms with E-state index < -0.39 is 0 Å². The predicted octanol–water partition coefficient (Wildman–Crippen LogP) is 5.37. The summed E-state index contributed by atoms with van der Waals surface area (Å²) in [6, 6.07) is 20.9. The number of hydrogen-bond donors (Lipinski definition) is 1. The van der Waals surface area contributed by atoms with Crippen LogP contribution in [0.25, 0.3) is 11.1 Å². The molecule has 2 aromatic carbocycles. The molecule has 0 spiro atoms. The highest BCUT2D eigenvalue weighted by molar-refractivity contribution is 6.06. The van der Waals surface area contributed by atoms with Crippen LogP contribution < -0.4 is 5.32 Å². The monoisotopic (exact) mass is 495 g/mol. The maximum Gasteiger partial charge on any atom is 0.259 e. The number of fused-ring (bicyclic) bond motifs is 2. The molecule has 1 amide bonds. The van der Waals surface area contributed by atoms with Crippen molar-refractivity contribution in [3.05, 3.63) is 88.7 Å². The average molecular weight is 496 g/mol.